The highest BCUT2D eigenvalue weighted by Gasteiger charge is 2.44. The number of carbonyl (C=O) groups excluding carboxylic acids is 2. The number of nitrogens with zero attached hydrogens (tertiary/aromatic N) is 1. The highest BCUT2D eigenvalue weighted by atomic mass is 16.2. The highest BCUT2D eigenvalue weighted by molar-refractivity contribution is 5.91. The number of hydrogen-bond donors (Lipinski definition) is 3. The van der Waals surface area contributed by atoms with Crippen LogP contribution < -0.4 is 16.0 Å². The van der Waals surface area contributed by atoms with Gasteiger partial charge in [-0.2, -0.15) is 0 Å². The van der Waals surface area contributed by atoms with E-state index < -0.39 is 5.54 Å². The predicted molar refractivity (Wildman–Crippen MR) is 102 cm³/mol. The molecule has 1 aliphatic carbocycles. The lowest BCUT2D eigenvalue weighted by Crippen LogP contribution is -2.61. The van der Waals surface area contributed by atoms with Crippen LogP contribution in [0.1, 0.15) is 44.6 Å². The number of rotatable bonds is 5. The Balaban J connectivity index is 1.58. The number of likely N-dealkylation sites (N-methyl/N-ethyl adjacent to an activating group) is 1. The molecule has 0 radical (unpaired) electrons. The third-order valence-corrected chi connectivity index (χ3v) is 5.93. The molecule has 1 aliphatic heterocycles. The standard InChI is InChI=1S/C20H30N4O2/c1-15-17(10-13-24(15)2)22-18(25)20(11-6-7-12-20)23-19(26)21-14-16-8-4-3-5-9-16/h3-5,8-9,15,17H,6-7,10-14H2,1-2H3,(H,22,25)(H2,21,23,26). The van der Waals surface area contributed by atoms with Gasteiger partial charge in [-0.25, -0.2) is 4.79 Å². The first-order valence-corrected chi connectivity index (χ1v) is 9.61. The molecule has 1 aromatic carbocycles. The molecule has 3 amide bonds. The fraction of sp³-hybridized carbons (Fsp3) is 0.600. The first kappa shape index (κ1) is 18.7. The summed E-state index contributed by atoms with van der Waals surface area (Å²) in [5.74, 6) is -0.0305. The van der Waals surface area contributed by atoms with Crippen LogP contribution in [0.5, 0.6) is 0 Å². The molecule has 3 N–H and O–H groups in total. The zero-order valence-electron chi connectivity index (χ0n) is 15.8. The van der Waals surface area contributed by atoms with Gasteiger partial charge in [0.2, 0.25) is 5.91 Å². The van der Waals surface area contributed by atoms with Crippen molar-refractivity contribution >= 4 is 11.9 Å². The molecule has 1 heterocycles. The Hall–Kier alpha value is -2.08. The third-order valence-electron chi connectivity index (χ3n) is 5.93. The fourth-order valence-electron chi connectivity index (χ4n) is 4.02. The molecule has 0 bridgehead atoms. The molecule has 2 aliphatic rings. The summed E-state index contributed by atoms with van der Waals surface area (Å²) in [5, 5.41) is 9.06. The van der Waals surface area contributed by atoms with Crippen molar-refractivity contribution in [1.82, 2.24) is 20.9 Å². The number of amides is 3. The summed E-state index contributed by atoms with van der Waals surface area (Å²) in [7, 11) is 2.08. The predicted octanol–water partition coefficient (Wildman–Crippen LogP) is 2.01. The Morgan fingerprint density at radius 2 is 1.88 bits per heavy atom. The molecular formula is C20H30N4O2. The lowest BCUT2D eigenvalue weighted by Gasteiger charge is -2.32. The van der Waals surface area contributed by atoms with E-state index >= 15 is 0 Å². The Kier molecular flexibility index (Phi) is 5.81. The van der Waals surface area contributed by atoms with Crippen molar-refractivity contribution in [3.63, 3.8) is 0 Å². The molecule has 0 spiro atoms. The zero-order chi connectivity index (χ0) is 18.6. The van der Waals surface area contributed by atoms with E-state index in [4.69, 9.17) is 0 Å². The summed E-state index contributed by atoms with van der Waals surface area (Å²) in [6.45, 7) is 3.58. The van der Waals surface area contributed by atoms with Gasteiger partial charge in [-0.15, -0.1) is 0 Å². The Bertz CT molecular complexity index is 628. The van der Waals surface area contributed by atoms with Gasteiger partial charge in [0.25, 0.3) is 0 Å². The van der Waals surface area contributed by atoms with E-state index in [1.54, 1.807) is 0 Å². The van der Waals surface area contributed by atoms with Crippen LogP contribution in [-0.2, 0) is 11.3 Å². The molecule has 1 aromatic rings. The van der Waals surface area contributed by atoms with Crippen molar-refractivity contribution in [2.24, 2.45) is 0 Å². The second-order valence-corrected chi connectivity index (χ2v) is 7.67. The van der Waals surface area contributed by atoms with E-state index in [2.05, 4.69) is 34.8 Å². The van der Waals surface area contributed by atoms with Crippen molar-refractivity contribution in [2.45, 2.75) is 63.2 Å². The first-order valence-electron chi connectivity index (χ1n) is 9.61. The molecule has 2 fully saturated rings. The van der Waals surface area contributed by atoms with Gasteiger partial charge in [0, 0.05) is 25.2 Å². The van der Waals surface area contributed by atoms with Crippen LogP contribution in [0.4, 0.5) is 4.79 Å². The summed E-state index contributed by atoms with van der Waals surface area (Å²) in [5.41, 5.74) is 0.261. The molecule has 26 heavy (non-hydrogen) atoms. The molecular weight excluding hydrogens is 328 g/mol. The number of likely N-dealkylation sites (tertiary alicyclic amines) is 1. The average Bonchev–Trinajstić information content (AvgIpc) is 3.24. The van der Waals surface area contributed by atoms with Crippen LogP contribution in [-0.4, -0.2) is 48.1 Å². The molecule has 1 saturated carbocycles. The van der Waals surface area contributed by atoms with Crippen molar-refractivity contribution in [3.05, 3.63) is 35.9 Å². The van der Waals surface area contributed by atoms with Crippen molar-refractivity contribution in [1.29, 1.82) is 0 Å². The van der Waals surface area contributed by atoms with Gasteiger partial charge in [0.05, 0.1) is 0 Å². The summed E-state index contributed by atoms with van der Waals surface area (Å²) < 4.78 is 0. The van der Waals surface area contributed by atoms with Gasteiger partial charge >= 0.3 is 6.03 Å². The minimum atomic E-state index is -0.776. The summed E-state index contributed by atoms with van der Waals surface area (Å²) in [6, 6.07) is 9.97. The van der Waals surface area contributed by atoms with Crippen molar-refractivity contribution < 1.29 is 9.59 Å². The Labute approximate surface area is 155 Å². The van der Waals surface area contributed by atoms with Gasteiger partial charge in [-0.05, 0) is 38.8 Å². The maximum atomic E-state index is 13.0. The zero-order valence-corrected chi connectivity index (χ0v) is 15.8. The number of benzene rings is 1. The number of nitrogens with one attached hydrogen (secondary N) is 3. The Morgan fingerprint density at radius 3 is 2.50 bits per heavy atom. The second kappa shape index (κ2) is 8.08. The van der Waals surface area contributed by atoms with Crippen LogP contribution in [0.2, 0.25) is 0 Å². The largest absolute Gasteiger partial charge is 0.350 e. The van der Waals surface area contributed by atoms with E-state index in [1.165, 1.54) is 0 Å². The lowest BCUT2D eigenvalue weighted by atomic mass is 9.95. The fourth-order valence-corrected chi connectivity index (χ4v) is 4.02. The molecule has 6 heteroatoms. The van der Waals surface area contributed by atoms with E-state index in [1.807, 2.05) is 30.3 Å². The van der Waals surface area contributed by atoms with Crippen molar-refractivity contribution in [2.75, 3.05) is 13.6 Å². The van der Waals surface area contributed by atoms with Crippen LogP contribution in [0, 0.1) is 0 Å². The normalized spacial score (nSPS) is 25.0. The molecule has 142 valence electrons. The summed E-state index contributed by atoms with van der Waals surface area (Å²) in [4.78, 5) is 27.7. The van der Waals surface area contributed by atoms with Gasteiger partial charge in [0.15, 0.2) is 0 Å². The summed E-state index contributed by atoms with van der Waals surface area (Å²) in [6.07, 6.45) is 4.29. The monoisotopic (exact) mass is 358 g/mol. The first-order chi connectivity index (χ1) is 12.5. The molecule has 1 saturated heterocycles. The number of hydrogen-bond acceptors (Lipinski definition) is 3. The SMILES string of the molecule is CC1C(NC(=O)C2(NC(=O)NCc3ccccc3)CCCC2)CCN1C. The smallest absolute Gasteiger partial charge is 0.315 e. The van der Waals surface area contributed by atoms with E-state index in [0.717, 1.165) is 31.4 Å². The highest BCUT2D eigenvalue weighted by Crippen LogP contribution is 2.30. The number of carbonyl (C=O) groups is 2. The molecule has 2 atom stereocenters. The van der Waals surface area contributed by atoms with Crippen LogP contribution >= 0.6 is 0 Å². The Morgan fingerprint density at radius 1 is 1.19 bits per heavy atom. The second-order valence-electron chi connectivity index (χ2n) is 7.67. The van der Waals surface area contributed by atoms with Crippen LogP contribution in [0.25, 0.3) is 0 Å². The van der Waals surface area contributed by atoms with Gasteiger partial charge in [-0.3, -0.25) is 4.79 Å². The van der Waals surface area contributed by atoms with Gasteiger partial charge in [0.1, 0.15) is 5.54 Å². The van der Waals surface area contributed by atoms with Crippen LogP contribution in [0.15, 0.2) is 30.3 Å². The topological polar surface area (TPSA) is 73.5 Å². The van der Waals surface area contributed by atoms with E-state index in [-0.39, 0.29) is 18.0 Å². The van der Waals surface area contributed by atoms with Crippen molar-refractivity contribution in [3.8, 4) is 0 Å². The average molecular weight is 358 g/mol. The van der Waals surface area contributed by atoms with Gasteiger partial charge < -0.3 is 20.9 Å². The minimum absolute atomic E-state index is 0.0305. The maximum Gasteiger partial charge on any atom is 0.315 e. The molecule has 0 aromatic heterocycles. The lowest BCUT2D eigenvalue weighted by molar-refractivity contribution is -0.128. The summed E-state index contributed by atoms with van der Waals surface area (Å²) >= 11 is 0. The molecule has 3 rings (SSSR count). The van der Waals surface area contributed by atoms with E-state index in [0.29, 0.717) is 25.4 Å². The quantitative estimate of drug-likeness (QED) is 0.754. The minimum Gasteiger partial charge on any atom is -0.350 e. The third kappa shape index (κ3) is 4.18. The van der Waals surface area contributed by atoms with Crippen LogP contribution in [0.3, 0.4) is 0 Å². The maximum absolute atomic E-state index is 13.0. The van der Waals surface area contributed by atoms with Gasteiger partial charge in [-0.1, -0.05) is 43.2 Å². The van der Waals surface area contributed by atoms with E-state index in [9.17, 15) is 9.59 Å². The molecule has 6 nitrogen and oxygen atoms in total. The molecule has 2 unspecified atom stereocenters. The number of urea groups is 1.